The number of nitrogens with zero attached hydrogens (tertiary/aromatic N) is 4. The number of hydrogen-bond donors (Lipinski definition) is 10. The van der Waals surface area contributed by atoms with Gasteiger partial charge in [0.05, 0.1) is 19.5 Å². The first-order valence-corrected chi connectivity index (χ1v) is 22.1. The number of phosphoric ester groups is 3. The molecule has 2 aromatic heterocycles. The second-order valence-electron chi connectivity index (χ2n) is 12.8. The van der Waals surface area contributed by atoms with E-state index in [0.29, 0.717) is 0 Å². The van der Waals surface area contributed by atoms with Crippen LogP contribution in [0.25, 0.3) is 11.2 Å². The average molecular weight is 896 g/mol. The fraction of sp³-hybridized carbons (Fsp3) is 0.667. The van der Waals surface area contributed by atoms with Gasteiger partial charge in [0, 0.05) is 56.5 Å². The second kappa shape index (κ2) is 20.9. The largest absolute Gasteiger partial charge is 0.481 e. The van der Waals surface area contributed by atoms with Gasteiger partial charge in [0.2, 0.25) is 11.8 Å². The molecule has 2 aromatic rings. The van der Waals surface area contributed by atoms with Gasteiger partial charge < -0.3 is 56.0 Å². The predicted molar refractivity (Wildman–Crippen MR) is 193 cm³/mol. The molecule has 1 saturated heterocycles. The van der Waals surface area contributed by atoms with Crippen molar-refractivity contribution in [2.45, 2.75) is 70.2 Å². The van der Waals surface area contributed by atoms with Crippen molar-refractivity contribution in [3.63, 3.8) is 0 Å². The van der Waals surface area contributed by atoms with Gasteiger partial charge in [-0.3, -0.25) is 37.3 Å². The Balaban J connectivity index is 1.46. The van der Waals surface area contributed by atoms with Crippen LogP contribution in [-0.2, 0) is 55.5 Å². The topological polar surface area (TPSA) is 401 Å². The van der Waals surface area contributed by atoms with Gasteiger partial charge in [0.1, 0.15) is 42.0 Å². The molecule has 3 heterocycles. The number of thioether (sulfide) groups is 1. The summed E-state index contributed by atoms with van der Waals surface area (Å²) in [5.41, 5.74) is 4.21. The molecule has 0 spiro atoms. The Bertz CT molecular complexity index is 1880. The maximum absolute atomic E-state index is 12.7. The number of carbonyl (C=O) groups excluding carboxylic acids is 4. The highest BCUT2D eigenvalue weighted by molar-refractivity contribution is 8.13. The van der Waals surface area contributed by atoms with Crippen molar-refractivity contribution in [3.8, 4) is 0 Å². The summed E-state index contributed by atoms with van der Waals surface area (Å²) >= 11 is 0.916. The monoisotopic (exact) mass is 895 g/mol. The molecule has 322 valence electrons. The van der Waals surface area contributed by atoms with Crippen LogP contribution in [0.3, 0.4) is 0 Å². The van der Waals surface area contributed by atoms with Gasteiger partial charge >= 0.3 is 23.5 Å². The Morgan fingerprint density at radius 1 is 1.00 bits per heavy atom. The number of nitrogen functional groups attached to an aromatic ring is 1. The van der Waals surface area contributed by atoms with Crippen LogP contribution in [0.2, 0.25) is 0 Å². The van der Waals surface area contributed by atoms with E-state index in [4.69, 9.17) is 24.6 Å². The maximum Gasteiger partial charge on any atom is 0.481 e. The number of nitrogens with one attached hydrogen (secondary N) is 2. The minimum atomic E-state index is -5.59. The van der Waals surface area contributed by atoms with E-state index >= 15 is 0 Å². The van der Waals surface area contributed by atoms with Crippen LogP contribution >= 0.6 is 35.2 Å². The summed E-state index contributed by atoms with van der Waals surface area (Å²) in [6.45, 7) is -0.0306. The summed E-state index contributed by atoms with van der Waals surface area (Å²) in [6, 6.07) is 0. The van der Waals surface area contributed by atoms with Crippen molar-refractivity contribution in [1.29, 1.82) is 0 Å². The molecule has 1 aliphatic rings. The number of aliphatic hydroxyl groups is 3. The third-order valence-electron chi connectivity index (χ3n) is 7.76. The Kier molecular flexibility index (Phi) is 17.8. The van der Waals surface area contributed by atoms with Crippen LogP contribution in [0.15, 0.2) is 12.7 Å². The van der Waals surface area contributed by atoms with Crippen LogP contribution in [0.1, 0.15) is 45.8 Å². The number of aromatic nitrogens is 4. The molecule has 0 aromatic carbocycles. The molecular formula is C27H44N7O19P3S. The first kappa shape index (κ1) is 48.6. The lowest BCUT2D eigenvalue weighted by atomic mass is 9.87. The number of hydrogen-bond acceptors (Lipinski definition) is 20. The number of imidazole rings is 1. The zero-order valence-electron chi connectivity index (χ0n) is 30.3. The number of rotatable bonds is 24. The van der Waals surface area contributed by atoms with Crippen molar-refractivity contribution >= 4 is 74.9 Å². The van der Waals surface area contributed by atoms with Crippen LogP contribution in [-0.4, -0.2) is 140 Å². The molecule has 57 heavy (non-hydrogen) atoms. The highest BCUT2D eigenvalue weighted by atomic mass is 32.2. The molecule has 30 heteroatoms. The fourth-order valence-electron chi connectivity index (χ4n) is 4.86. The second-order valence-corrected chi connectivity index (χ2v) is 18.2. The molecule has 26 nitrogen and oxygen atoms in total. The Hall–Kier alpha value is -2.81. The Morgan fingerprint density at radius 2 is 1.68 bits per heavy atom. The van der Waals surface area contributed by atoms with Gasteiger partial charge in [-0.05, 0) is 0 Å². The average Bonchev–Trinajstić information content (AvgIpc) is 3.67. The quantitative estimate of drug-likeness (QED) is 0.0419. The van der Waals surface area contributed by atoms with E-state index in [-0.39, 0.29) is 79.0 Å². The molecule has 7 atom stereocenters. The zero-order chi connectivity index (χ0) is 42.8. The van der Waals surface area contributed by atoms with E-state index in [1.54, 1.807) is 0 Å². The Morgan fingerprint density at radius 3 is 2.35 bits per heavy atom. The van der Waals surface area contributed by atoms with Gasteiger partial charge in [0.25, 0.3) is 0 Å². The maximum atomic E-state index is 12.7. The summed E-state index contributed by atoms with van der Waals surface area (Å²) < 4.78 is 62.0. The van der Waals surface area contributed by atoms with Crippen LogP contribution in [0.5, 0.6) is 0 Å². The molecule has 2 unspecified atom stereocenters. The first-order chi connectivity index (χ1) is 26.4. The third kappa shape index (κ3) is 15.4. The molecule has 1 fully saturated rings. The molecule has 3 rings (SSSR count). The van der Waals surface area contributed by atoms with Crippen LogP contribution < -0.4 is 16.4 Å². The molecular weight excluding hydrogens is 851 g/mol. The standard InChI is InChI=1S/C27H44N7O19P3S/c1-27(2,22(40)25(41)30-7-5-17(37)29-8-10-57-18(38)4-3-15(36)6-9-35)12-50-56(47,48)53-55(45,46)49-11-16-21(52-54(42,43)44)20(39)26(51-16)34-14-33-19-23(28)31-13-32-24(19)34/h13-14,16,20-22,26,35,39-40H,3-12H2,1-2H3,(H,29,37)(H,30,41)(H,45,46)(H,47,48)(H2,28,31,32)(H2,42,43,44)/t16-,20-,21-,22+,26-/m1/s1. The number of aliphatic hydroxyl groups excluding tert-OH is 3. The third-order valence-corrected chi connectivity index (χ3v) is 11.8. The molecule has 2 amide bonds. The number of Topliss-reactive ketones (excluding diaryl/α,β-unsaturated/α-hetero) is 1. The van der Waals surface area contributed by atoms with Gasteiger partial charge in [-0.25, -0.2) is 28.6 Å². The number of phosphoric acid groups is 3. The molecule has 1 aliphatic heterocycles. The van der Waals surface area contributed by atoms with Gasteiger partial charge in [0.15, 0.2) is 22.8 Å². The summed E-state index contributed by atoms with van der Waals surface area (Å²) in [5.74, 6) is -1.58. The van der Waals surface area contributed by atoms with E-state index in [1.165, 1.54) is 13.8 Å². The fourth-order valence-corrected chi connectivity index (χ4v) is 8.37. The lowest BCUT2D eigenvalue weighted by molar-refractivity contribution is -0.137. The van der Waals surface area contributed by atoms with Crippen molar-refractivity contribution in [2.75, 3.05) is 44.4 Å². The van der Waals surface area contributed by atoms with Crippen molar-refractivity contribution < 1.29 is 90.4 Å². The van der Waals surface area contributed by atoms with Gasteiger partial charge in [-0.2, -0.15) is 4.31 Å². The summed E-state index contributed by atoms with van der Waals surface area (Å²) in [6.07, 6.45) is -7.08. The number of ketones is 1. The summed E-state index contributed by atoms with van der Waals surface area (Å²) in [7, 11) is -16.4. The lowest BCUT2D eigenvalue weighted by Gasteiger charge is -2.30. The minimum absolute atomic E-state index is 0.000664. The summed E-state index contributed by atoms with van der Waals surface area (Å²) in [5, 5.41) is 34.7. The molecule has 0 aliphatic carbocycles. The van der Waals surface area contributed by atoms with E-state index in [9.17, 15) is 62.7 Å². The first-order valence-electron chi connectivity index (χ1n) is 16.6. The highest BCUT2D eigenvalue weighted by Crippen LogP contribution is 2.61. The minimum Gasteiger partial charge on any atom is -0.396 e. The molecule has 0 bridgehead atoms. The normalized spacial score (nSPS) is 21.4. The molecule has 11 N–H and O–H groups in total. The SMILES string of the molecule is CC(C)(COP(=O)(O)OP(=O)(O)OC[C@H]1O[C@@H](n2cnc3c(N)ncnc32)[C@H](O)[C@@H]1OP(=O)(O)O)[C@@H](O)C(=O)NCCC(=O)NCCSC(=O)CCC(=O)CCO. The number of anilines is 1. The van der Waals surface area contributed by atoms with E-state index in [0.717, 1.165) is 29.0 Å². The lowest BCUT2D eigenvalue weighted by Crippen LogP contribution is -2.46. The number of amides is 2. The Labute approximate surface area is 327 Å². The van der Waals surface area contributed by atoms with Gasteiger partial charge in [-0.1, -0.05) is 25.6 Å². The van der Waals surface area contributed by atoms with Crippen LogP contribution in [0, 0.1) is 5.41 Å². The van der Waals surface area contributed by atoms with Gasteiger partial charge in [-0.15, -0.1) is 0 Å². The van der Waals surface area contributed by atoms with E-state index in [1.807, 2.05) is 0 Å². The number of fused-ring (bicyclic) bond motifs is 1. The number of carbonyl (C=O) groups is 4. The van der Waals surface area contributed by atoms with Crippen LogP contribution in [0.4, 0.5) is 5.82 Å². The molecule has 0 radical (unpaired) electrons. The number of ether oxygens (including phenoxy) is 1. The van der Waals surface area contributed by atoms with Crippen molar-refractivity contribution in [3.05, 3.63) is 12.7 Å². The predicted octanol–water partition coefficient (Wildman–Crippen LogP) is -1.60. The number of nitrogens with two attached hydrogens (primary N) is 1. The zero-order valence-corrected chi connectivity index (χ0v) is 33.8. The summed E-state index contributed by atoms with van der Waals surface area (Å²) in [4.78, 5) is 98.7. The van der Waals surface area contributed by atoms with Crippen molar-refractivity contribution in [1.82, 2.24) is 30.2 Å². The smallest absolute Gasteiger partial charge is 0.396 e. The molecule has 0 saturated carbocycles. The van der Waals surface area contributed by atoms with E-state index < -0.39 is 84.6 Å². The van der Waals surface area contributed by atoms with Crippen molar-refractivity contribution in [2.24, 2.45) is 5.41 Å². The highest BCUT2D eigenvalue weighted by Gasteiger charge is 2.50. The van der Waals surface area contributed by atoms with E-state index in [2.05, 4.69) is 34.4 Å².